The molecule has 8 nitrogen and oxygen atoms in total. The molecule has 3 aliphatic rings. The highest BCUT2D eigenvalue weighted by Crippen LogP contribution is 2.42. The van der Waals surface area contributed by atoms with Crippen molar-refractivity contribution in [2.75, 3.05) is 5.32 Å². The van der Waals surface area contributed by atoms with E-state index in [1.165, 1.54) is 25.7 Å². The molecule has 2 aromatic rings. The normalized spacial score (nSPS) is 31.7. The number of nitrogens with zero attached hydrogens (tertiary/aromatic N) is 4. The van der Waals surface area contributed by atoms with E-state index in [2.05, 4.69) is 20.3 Å². The maximum Gasteiger partial charge on any atom is 0.167 e. The lowest BCUT2D eigenvalue weighted by Crippen LogP contribution is -2.27. The van der Waals surface area contributed by atoms with Gasteiger partial charge in [-0.25, -0.2) is 15.0 Å². The van der Waals surface area contributed by atoms with Crippen LogP contribution >= 0.6 is 0 Å². The van der Waals surface area contributed by atoms with Crippen LogP contribution in [0.3, 0.4) is 0 Å². The second kappa shape index (κ2) is 5.62. The average Bonchev–Trinajstić information content (AvgIpc) is 3.31. The highest BCUT2D eigenvalue weighted by Gasteiger charge is 2.51. The van der Waals surface area contributed by atoms with E-state index in [9.17, 15) is 0 Å². The summed E-state index contributed by atoms with van der Waals surface area (Å²) in [6.45, 7) is 5.52. The van der Waals surface area contributed by atoms with Crippen LogP contribution in [0.4, 0.5) is 5.82 Å². The molecule has 2 saturated heterocycles. The molecule has 0 amide bonds. The smallest absolute Gasteiger partial charge is 0.167 e. The fraction of sp³-hybridized carbons (Fsp3) is 0.647. The highest BCUT2D eigenvalue weighted by atomic mass is 16.8. The van der Waals surface area contributed by atoms with Crippen LogP contribution in [0, 0.1) is 6.61 Å². The van der Waals surface area contributed by atoms with E-state index in [1.54, 1.807) is 19.3 Å². The van der Waals surface area contributed by atoms with E-state index in [4.69, 9.17) is 14.2 Å². The van der Waals surface area contributed by atoms with Crippen molar-refractivity contribution >= 4 is 17.0 Å². The van der Waals surface area contributed by atoms with Crippen molar-refractivity contribution in [2.24, 2.45) is 0 Å². The van der Waals surface area contributed by atoms with E-state index in [-0.39, 0.29) is 18.4 Å². The number of nitrogens with one attached hydrogen (secondary N) is 1. The fourth-order valence-electron chi connectivity index (χ4n) is 4.01. The summed E-state index contributed by atoms with van der Waals surface area (Å²) >= 11 is 0. The first kappa shape index (κ1) is 15.5. The standard InChI is InChI=1S/C17H22N5O3/c1-17(2)24-11-7-23-16(13(11)25-17)22-9-20-12-14(18-8-19-15(12)22)21-10-5-3-4-6-10/h7-11,13,16H,3-6H2,1-2H3,(H,18,19,21)/t11-,13-,16-/m1/s1. The molecule has 0 spiro atoms. The number of fused-ring (bicyclic) bond motifs is 2. The van der Waals surface area contributed by atoms with Crippen molar-refractivity contribution < 1.29 is 14.2 Å². The second-order valence-electron chi connectivity index (χ2n) is 7.40. The van der Waals surface area contributed by atoms with Crippen LogP contribution in [0.15, 0.2) is 12.7 Å². The van der Waals surface area contributed by atoms with Gasteiger partial charge in [-0.05, 0) is 26.7 Å². The third-order valence-electron chi connectivity index (χ3n) is 5.13. The Morgan fingerprint density at radius 2 is 2.00 bits per heavy atom. The molecule has 0 bridgehead atoms. The molecule has 25 heavy (non-hydrogen) atoms. The average molecular weight is 344 g/mol. The van der Waals surface area contributed by atoms with Gasteiger partial charge in [0.05, 0.1) is 6.33 Å². The van der Waals surface area contributed by atoms with Crippen molar-refractivity contribution in [1.29, 1.82) is 0 Å². The molecule has 2 aliphatic heterocycles. The van der Waals surface area contributed by atoms with Crippen LogP contribution in [0.5, 0.6) is 0 Å². The van der Waals surface area contributed by atoms with Gasteiger partial charge in [0.1, 0.15) is 25.1 Å². The Labute approximate surface area is 145 Å². The van der Waals surface area contributed by atoms with Gasteiger partial charge in [0, 0.05) is 6.04 Å². The summed E-state index contributed by atoms with van der Waals surface area (Å²) in [6.07, 6.45) is 7.46. The minimum absolute atomic E-state index is 0.185. The van der Waals surface area contributed by atoms with Crippen molar-refractivity contribution in [3.8, 4) is 0 Å². The van der Waals surface area contributed by atoms with Crippen LogP contribution in [-0.4, -0.2) is 43.6 Å². The predicted molar refractivity (Wildman–Crippen MR) is 89.4 cm³/mol. The molecule has 2 aromatic heterocycles. The van der Waals surface area contributed by atoms with Gasteiger partial charge in [0.25, 0.3) is 0 Å². The van der Waals surface area contributed by atoms with E-state index in [0.717, 1.165) is 17.0 Å². The van der Waals surface area contributed by atoms with Gasteiger partial charge in [-0.1, -0.05) is 12.8 Å². The molecule has 0 unspecified atom stereocenters. The van der Waals surface area contributed by atoms with Crippen LogP contribution in [-0.2, 0) is 14.2 Å². The van der Waals surface area contributed by atoms with Crippen LogP contribution in [0.2, 0.25) is 0 Å². The van der Waals surface area contributed by atoms with E-state index < -0.39 is 5.79 Å². The molecule has 1 aliphatic carbocycles. The first-order valence-electron chi connectivity index (χ1n) is 8.89. The Balaban J connectivity index is 1.46. The second-order valence-corrected chi connectivity index (χ2v) is 7.40. The minimum Gasteiger partial charge on any atom is -0.365 e. The number of aromatic nitrogens is 4. The molecule has 1 saturated carbocycles. The van der Waals surface area contributed by atoms with Gasteiger partial charge in [-0.2, -0.15) is 0 Å². The number of hydrogen-bond donors (Lipinski definition) is 1. The van der Waals surface area contributed by atoms with Gasteiger partial charge in [-0.3, -0.25) is 4.57 Å². The zero-order valence-corrected chi connectivity index (χ0v) is 14.4. The zero-order chi connectivity index (χ0) is 17.0. The Morgan fingerprint density at radius 1 is 1.16 bits per heavy atom. The molecule has 5 rings (SSSR count). The van der Waals surface area contributed by atoms with Crippen molar-refractivity contribution in [3.63, 3.8) is 0 Å². The summed E-state index contributed by atoms with van der Waals surface area (Å²) in [5.74, 6) is 0.173. The molecule has 1 N–H and O–H groups in total. The first-order valence-corrected chi connectivity index (χ1v) is 8.89. The van der Waals surface area contributed by atoms with Crippen molar-refractivity contribution in [2.45, 2.75) is 69.8 Å². The summed E-state index contributed by atoms with van der Waals surface area (Å²) in [7, 11) is 0. The van der Waals surface area contributed by atoms with E-state index in [1.807, 2.05) is 18.4 Å². The molecule has 1 radical (unpaired) electrons. The highest BCUT2D eigenvalue weighted by molar-refractivity contribution is 5.82. The van der Waals surface area contributed by atoms with Gasteiger partial charge < -0.3 is 19.5 Å². The van der Waals surface area contributed by atoms with Gasteiger partial charge in [0.2, 0.25) is 0 Å². The van der Waals surface area contributed by atoms with Gasteiger partial charge in [0.15, 0.2) is 29.0 Å². The maximum absolute atomic E-state index is 6.01. The fourth-order valence-corrected chi connectivity index (χ4v) is 4.01. The van der Waals surface area contributed by atoms with E-state index in [0.29, 0.717) is 6.04 Å². The summed E-state index contributed by atoms with van der Waals surface area (Å²) in [6, 6.07) is 0.469. The number of imidazole rings is 1. The van der Waals surface area contributed by atoms with Crippen LogP contribution in [0.25, 0.3) is 11.2 Å². The third-order valence-corrected chi connectivity index (χ3v) is 5.13. The quantitative estimate of drug-likeness (QED) is 0.915. The molecular weight excluding hydrogens is 322 g/mol. The Bertz CT molecular complexity index is 786. The summed E-state index contributed by atoms with van der Waals surface area (Å²) in [4.78, 5) is 13.4. The summed E-state index contributed by atoms with van der Waals surface area (Å²) < 4.78 is 19.6. The van der Waals surface area contributed by atoms with Crippen molar-refractivity contribution in [3.05, 3.63) is 19.3 Å². The lowest BCUT2D eigenvalue weighted by molar-refractivity contribution is -0.175. The monoisotopic (exact) mass is 344 g/mol. The van der Waals surface area contributed by atoms with Gasteiger partial charge >= 0.3 is 0 Å². The Hall–Kier alpha value is -1.77. The molecular formula is C17H22N5O3. The summed E-state index contributed by atoms with van der Waals surface area (Å²) in [5.41, 5.74) is 1.50. The molecule has 133 valence electrons. The van der Waals surface area contributed by atoms with Gasteiger partial charge in [-0.15, -0.1) is 0 Å². The number of ether oxygens (including phenoxy) is 3. The molecule has 4 heterocycles. The molecule has 3 fully saturated rings. The SMILES string of the molecule is CC1(C)O[C@H]2[C@H](n3cnc4c(NC5CCCC5)ncnc43)O[CH][C@H]2O1. The number of rotatable bonds is 3. The maximum atomic E-state index is 6.01. The van der Waals surface area contributed by atoms with Crippen LogP contribution in [0.1, 0.15) is 45.8 Å². The van der Waals surface area contributed by atoms with E-state index >= 15 is 0 Å². The lowest BCUT2D eigenvalue weighted by Gasteiger charge is -2.22. The Morgan fingerprint density at radius 3 is 2.84 bits per heavy atom. The number of hydrogen-bond acceptors (Lipinski definition) is 7. The zero-order valence-electron chi connectivity index (χ0n) is 14.4. The summed E-state index contributed by atoms with van der Waals surface area (Å²) in [5, 5.41) is 3.52. The topological polar surface area (TPSA) is 83.3 Å². The number of anilines is 1. The molecule has 8 heteroatoms. The Kier molecular flexibility index (Phi) is 3.48. The lowest BCUT2D eigenvalue weighted by atomic mass is 10.2. The molecule has 3 atom stereocenters. The largest absolute Gasteiger partial charge is 0.365 e. The molecule has 0 aromatic carbocycles. The van der Waals surface area contributed by atoms with Crippen molar-refractivity contribution in [1.82, 2.24) is 19.5 Å². The first-order chi connectivity index (χ1) is 12.1. The predicted octanol–water partition coefficient (Wildman–Crippen LogP) is 2.39. The van der Waals surface area contributed by atoms with Crippen LogP contribution < -0.4 is 5.32 Å². The third kappa shape index (κ3) is 2.59. The minimum atomic E-state index is -0.617.